The number of benzene rings is 1. The van der Waals surface area contributed by atoms with Crippen LogP contribution in [0.3, 0.4) is 0 Å². The van der Waals surface area contributed by atoms with Crippen LogP contribution in [0.2, 0.25) is 0 Å². The molecule has 0 unspecified atom stereocenters. The quantitative estimate of drug-likeness (QED) is 0.510. The maximum atomic E-state index is 6.00. The van der Waals surface area contributed by atoms with Crippen LogP contribution in [-0.2, 0) is 19.0 Å². The Morgan fingerprint density at radius 3 is 2.89 bits per heavy atom. The Balaban J connectivity index is 1.96. The molecule has 2 heterocycles. The number of rotatable bonds is 4. The molecule has 0 saturated heterocycles. The largest absolute Gasteiger partial charge is 0.325 e. The molecule has 0 saturated carbocycles. The summed E-state index contributed by atoms with van der Waals surface area (Å²) in [5.74, 6) is 1.33. The van der Waals surface area contributed by atoms with Crippen LogP contribution >= 0.6 is 34.2 Å². The number of aromatic nitrogens is 4. The summed E-state index contributed by atoms with van der Waals surface area (Å²) in [5.41, 5.74) is 2.13. The van der Waals surface area contributed by atoms with E-state index in [1.807, 2.05) is 16.9 Å². The van der Waals surface area contributed by atoms with Crippen molar-refractivity contribution in [2.24, 2.45) is 0 Å². The standard InChI is InChI=1S/C13H12ClIN4/c14-9-13-17-11-8-10(15)2-3-12(11)19(13)7-6-18-5-1-4-16-18/h1-5,8H,6-7,9H2. The fourth-order valence-electron chi connectivity index (χ4n) is 2.14. The molecule has 0 fully saturated rings. The van der Waals surface area contributed by atoms with Gasteiger partial charge in [-0.2, -0.15) is 5.10 Å². The summed E-state index contributed by atoms with van der Waals surface area (Å²) >= 11 is 8.29. The van der Waals surface area contributed by atoms with Gasteiger partial charge in [0.1, 0.15) is 5.82 Å². The third-order valence-corrected chi connectivity index (χ3v) is 3.93. The average Bonchev–Trinajstić information content (AvgIpc) is 3.02. The minimum Gasteiger partial charge on any atom is -0.325 e. The normalized spacial score (nSPS) is 11.3. The van der Waals surface area contributed by atoms with Gasteiger partial charge in [-0.05, 0) is 46.9 Å². The summed E-state index contributed by atoms with van der Waals surface area (Å²) in [6.45, 7) is 1.63. The van der Waals surface area contributed by atoms with Gasteiger partial charge in [0, 0.05) is 22.5 Å². The van der Waals surface area contributed by atoms with E-state index < -0.39 is 0 Å². The second-order valence-corrected chi connectivity index (χ2v) is 5.73. The highest BCUT2D eigenvalue weighted by atomic mass is 127. The van der Waals surface area contributed by atoms with Crippen LogP contribution in [0.15, 0.2) is 36.7 Å². The monoisotopic (exact) mass is 386 g/mol. The Morgan fingerprint density at radius 1 is 1.26 bits per heavy atom. The topological polar surface area (TPSA) is 35.6 Å². The second kappa shape index (κ2) is 5.50. The number of nitrogens with zero attached hydrogens (tertiary/aromatic N) is 4. The maximum absolute atomic E-state index is 6.00. The third kappa shape index (κ3) is 2.62. The van der Waals surface area contributed by atoms with Crippen molar-refractivity contribution in [3.63, 3.8) is 0 Å². The molecule has 0 aliphatic carbocycles. The van der Waals surface area contributed by atoms with E-state index in [4.69, 9.17) is 11.6 Å². The zero-order valence-electron chi connectivity index (χ0n) is 10.1. The van der Waals surface area contributed by atoms with Crippen LogP contribution in [0.5, 0.6) is 0 Å². The molecule has 0 amide bonds. The lowest BCUT2D eigenvalue weighted by Gasteiger charge is -2.07. The lowest BCUT2D eigenvalue weighted by Crippen LogP contribution is -2.10. The molecular formula is C13H12ClIN4. The van der Waals surface area contributed by atoms with E-state index in [-0.39, 0.29) is 0 Å². The average molecular weight is 387 g/mol. The van der Waals surface area contributed by atoms with Crippen molar-refractivity contribution in [1.82, 2.24) is 19.3 Å². The molecule has 0 aliphatic rings. The smallest absolute Gasteiger partial charge is 0.124 e. The Bertz CT molecular complexity index is 690. The van der Waals surface area contributed by atoms with Gasteiger partial charge in [-0.15, -0.1) is 11.6 Å². The number of fused-ring (bicyclic) bond motifs is 1. The Morgan fingerprint density at radius 2 is 2.16 bits per heavy atom. The first-order valence-electron chi connectivity index (χ1n) is 5.96. The van der Waals surface area contributed by atoms with E-state index in [0.29, 0.717) is 5.88 Å². The maximum Gasteiger partial charge on any atom is 0.124 e. The predicted octanol–water partition coefficient (Wildman–Crippen LogP) is 3.28. The fourth-order valence-corrected chi connectivity index (χ4v) is 2.82. The molecule has 0 N–H and O–H groups in total. The van der Waals surface area contributed by atoms with Crippen molar-refractivity contribution in [2.75, 3.05) is 0 Å². The summed E-state index contributed by atoms with van der Waals surface area (Å²) in [6.07, 6.45) is 3.75. The van der Waals surface area contributed by atoms with Gasteiger partial charge in [0.2, 0.25) is 0 Å². The Hall–Kier alpha value is -1.08. The van der Waals surface area contributed by atoms with Crippen LogP contribution in [0, 0.1) is 3.57 Å². The lowest BCUT2D eigenvalue weighted by atomic mass is 10.3. The van der Waals surface area contributed by atoms with Gasteiger partial charge >= 0.3 is 0 Å². The molecular weight excluding hydrogens is 375 g/mol. The SMILES string of the molecule is ClCc1nc2cc(I)ccc2n1CCn1cccn1. The summed E-state index contributed by atoms with van der Waals surface area (Å²) in [4.78, 5) is 4.59. The van der Waals surface area contributed by atoms with Crippen molar-refractivity contribution in [1.29, 1.82) is 0 Å². The number of hydrogen-bond donors (Lipinski definition) is 0. The molecule has 19 heavy (non-hydrogen) atoms. The molecule has 0 atom stereocenters. The van der Waals surface area contributed by atoms with Gasteiger partial charge in [-0.1, -0.05) is 0 Å². The number of imidazole rings is 1. The van der Waals surface area contributed by atoms with Crippen molar-refractivity contribution >= 4 is 45.2 Å². The van der Waals surface area contributed by atoms with Gasteiger partial charge in [0.15, 0.2) is 0 Å². The number of halogens is 2. The summed E-state index contributed by atoms with van der Waals surface area (Å²) in [7, 11) is 0. The summed E-state index contributed by atoms with van der Waals surface area (Å²) < 4.78 is 5.26. The van der Waals surface area contributed by atoms with Gasteiger partial charge in [-0.3, -0.25) is 4.68 Å². The molecule has 0 spiro atoms. The predicted molar refractivity (Wildman–Crippen MR) is 84.2 cm³/mol. The lowest BCUT2D eigenvalue weighted by molar-refractivity contribution is 0.533. The van der Waals surface area contributed by atoms with Crippen molar-refractivity contribution in [3.05, 3.63) is 46.1 Å². The molecule has 98 valence electrons. The Kier molecular flexibility index (Phi) is 3.74. The fraction of sp³-hybridized carbons (Fsp3) is 0.231. The van der Waals surface area contributed by atoms with Crippen LogP contribution in [0.4, 0.5) is 0 Å². The van der Waals surface area contributed by atoms with Crippen molar-refractivity contribution in [3.8, 4) is 0 Å². The third-order valence-electron chi connectivity index (χ3n) is 3.02. The van der Waals surface area contributed by atoms with Gasteiger partial charge in [-0.25, -0.2) is 4.98 Å². The molecule has 1 aromatic carbocycles. The molecule has 0 radical (unpaired) electrons. The first kappa shape index (κ1) is 12.9. The van der Waals surface area contributed by atoms with Crippen molar-refractivity contribution < 1.29 is 0 Å². The van der Waals surface area contributed by atoms with Crippen LogP contribution in [0.25, 0.3) is 11.0 Å². The first-order valence-corrected chi connectivity index (χ1v) is 7.57. The molecule has 3 rings (SSSR count). The van der Waals surface area contributed by atoms with E-state index in [9.17, 15) is 0 Å². The van der Waals surface area contributed by atoms with E-state index in [1.54, 1.807) is 6.20 Å². The van der Waals surface area contributed by atoms with E-state index in [0.717, 1.165) is 29.9 Å². The second-order valence-electron chi connectivity index (χ2n) is 4.22. The first-order chi connectivity index (χ1) is 9.28. The van der Waals surface area contributed by atoms with Crippen molar-refractivity contribution in [2.45, 2.75) is 19.0 Å². The highest BCUT2D eigenvalue weighted by Gasteiger charge is 2.10. The van der Waals surface area contributed by atoms with Crippen LogP contribution in [-0.4, -0.2) is 19.3 Å². The van der Waals surface area contributed by atoms with E-state index in [1.165, 1.54) is 3.57 Å². The molecule has 6 heteroatoms. The minimum absolute atomic E-state index is 0.421. The zero-order valence-corrected chi connectivity index (χ0v) is 13.0. The van der Waals surface area contributed by atoms with Crippen LogP contribution in [0.1, 0.15) is 5.82 Å². The zero-order chi connectivity index (χ0) is 13.2. The van der Waals surface area contributed by atoms with Gasteiger partial charge < -0.3 is 4.57 Å². The van der Waals surface area contributed by atoms with E-state index >= 15 is 0 Å². The summed E-state index contributed by atoms with van der Waals surface area (Å²) in [6, 6.07) is 8.20. The Labute approximate surface area is 129 Å². The van der Waals surface area contributed by atoms with E-state index in [2.05, 4.69) is 55.4 Å². The molecule has 3 aromatic rings. The van der Waals surface area contributed by atoms with Gasteiger partial charge in [0.25, 0.3) is 0 Å². The van der Waals surface area contributed by atoms with Crippen LogP contribution < -0.4 is 0 Å². The minimum atomic E-state index is 0.421. The number of hydrogen-bond acceptors (Lipinski definition) is 2. The molecule has 2 aromatic heterocycles. The number of alkyl halides is 1. The highest BCUT2D eigenvalue weighted by molar-refractivity contribution is 14.1. The molecule has 4 nitrogen and oxygen atoms in total. The summed E-state index contributed by atoms with van der Waals surface area (Å²) in [5, 5.41) is 4.21. The van der Waals surface area contributed by atoms with Gasteiger partial charge in [0.05, 0.1) is 23.5 Å². The number of aryl methyl sites for hydroxylation is 2. The molecule has 0 aliphatic heterocycles. The molecule has 0 bridgehead atoms. The highest BCUT2D eigenvalue weighted by Crippen LogP contribution is 2.20.